The second-order valence-corrected chi connectivity index (χ2v) is 4.40. The fraction of sp³-hybridized carbons (Fsp3) is 0.357. The van der Waals surface area contributed by atoms with E-state index in [1.54, 1.807) is 29.3 Å². The van der Waals surface area contributed by atoms with E-state index in [1.807, 2.05) is 20.0 Å². The zero-order chi connectivity index (χ0) is 14.4. The van der Waals surface area contributed by atoms with E-state index in [0.717, 1.165) is 24.3 Å². The van der Waals surface area contributed by atoms with Crippen molar-refractivity contribution in [2.45, 2.75) is 13.3 Å². The molecule has 2 aromatic heterocycles. The van der Waals surface area contributed by atoms with E-state index in [-0.39, 0.29) is 5.91 Å². The largest absolute Gasteiger partial charge is 0.385 e. The molecule has 0 aromatic carbocycles. The minimum atomic E-state index is -0.115. The smallest absolute Gasteiger partial charge is 0.254 e. The average Bonchev–Trinajstić information content (AvgIpc) is 2.85. The second-order valence-electron chi connectivity index (χ2n) is 4.40. The molecule has 106 valence electrons. The number of hydrogen-bond donors (Lipinski definition) is 2. The Morgan fingerprint density at radius 2 is 2.20 bits per heavy atom. The van der Waals surface area contributed by atoms with E-state index in [2.05, 4.69) is 20.7 Å². The number of anilines is 1. The van der Waals surface area contributed by atoms with Crippen molar-refractivity contribution >= 4 is 11.6 Å². The highest BCUT2D eigenvalue weighted by Crippen LogP contribution is 2.12. The van der Waals surface area contributed by atoms with Gasteiger partial charge in [0.15, 0.2) is 0 Å². The van der Waals surface area contributed by atoms with Gasteiger partial charge in [0.2, 0.25) is 0 Å². The maximum atomic E-state index is 12.1. The third kappa shape index (κ3) is 3.34. The summed E-state index contributed by atoms with van der Waals surface area (Å²) >= 11 is 0. The summed E-state index contributed by atoms with van der Waals surface area (Å²) in [6.07, 6.45) is 5.75. The van der Waals surface area contributed by atoms with Gasteiger partial charge < -0.3 is 10.6 Å². The predicted octanol–water partition coefficient (Wildman–Crippen LogP) is 1.22. The number of nitrogens with one attached hydrogen (secondary N) is 2. The lowest BCUT2D eigenvalue weighted by molar-refractivity contribution is 0.0954. The highest BCUT2D eigenvalue weighted by molar-refractivity contribution is 5.99. The highest BCUT2D eigenvalue weighted by Gasteiger charge is 2.10. The van der Waals surface area contributed by atoms with Crippen LogP contribution in [0.3, 0.4) is 0 Å². The number of carbonyl (C=O) groups excluding carboxylic acids is 1. The lowest BCUT2D eigenvalue weighted by Gasteiger charge is -2.10. The van der Waals surface area contributed by atoms with E-state index in [9.17, 15) is 4.79 Å². The Kier molecular flexibility index (Phi) is 4.70. The summed E-state index contributed by atoms with van der Waals surface area (Å²) < 4.78 is 1.81. The van der Waals surface area contributed by atoms with Crippen LogP contribution in [-0.4, -0.2) is 33.8 Å². The fourth-order valence-corrected chi connectivity index (χ4v) is 1.97. The molecular formula is C14H19N5O. The third-order valence-corrected chi connectivity index (χ3v) is 3.02. The Balaban J connectivity index is 1.93. The molecule has 20 heavy (non-hydrogen) atoms. The summed E-state index contributed by atoms with van der Waals surface area (Å²) in [5, 5.41) is 10.2. The Morgan fingerprint density at radius 1 is 1.35 bits per heavy atom. The van der Waals surface area contributed by atoms with E-state index < -0.39 is 0 Å². The van der Waals surface area contributed by atoms with Gasteiger partial charge in [-0.15, -0.1) is 0 Å². The van der Waals surface area contributed by atoms with E-state index >= 15 is 0 Å². The predicted molar refractivity (Wildman–Crippen MR) is 77.6 cm³/mol. The number of amides is 1. The minimum Gasteiger partial charge on any atom is -0.385 e. The molecule has 0 aliphatic rings. The molecule has 0 atom stereocenters. The minimum absolute atomic E-state index is 0.115. The number of aryl methyl sites for hydroxylation is 1. The van der Waals surface area contributed by atoms with Gasteiger partial charge in [0.05, 0.1) is 11.3 Å². The van der Waals surface area contributed by atoms with Crippen LogP contribution < -0.4 is 10.6 Å². The molecule has 2 rings (SSSR count). The van der Waals surface area contributed by atoms with E-state index in [4.69, 9.17) is 0 Å². The number of nitrogens with zero attached hydrogens (tertiary/aromatic N) is 3. The number of rotatable bonds is 6. The molecule has 0 aliphatic heterocycles. The maximum Gasteiger partial charge on any atom is 0.254 e. The normalized spacial score (nSPS) is 10.3. The maximum absolute atomic E-state index is 12.1. The molecule has 0 spiro atoms. The molecule has 6 heteroatoms. The summed E-state index contributed by atoms with van der Waals surface area (Å²) in [5.41, 5.74) is 2.46. The Bertz CT molecular complexity index is 578. The SMILES string of the molecule is CCNc1ccncc1C(=O)NCCc1ccnn1C. The van der Waals surface area contributed by atoms with Gasteiger partial charge in [-0.3, -0.25) is 14.5 Å². The Morgan fingerprint density at radius 3 is 2.90 bits per heavy atom. The first-order chi connectivity index (χ1) is 9.72. The molecule has 0 saturated heterocycles. The van der Waals surface area contributed by atoms with Crippen LogP contribution in [0.25, 0.3) is 0 Å². The van der Waals surface area contributed by atoms with Crippen molar-refractivity contribution < 1.29 is 4.79 Å². The summed E-state index contributed by atoms with van der Waals surface area (Å²) in [7, 11) is 1.89. The van der Waals surface area contributed by atoms with Crippen molar-refractivity contribution in [3.63, 3.8) is 0 Å². The van der Waals surface area contributed by atoms with Gasteiger partial charge in [0.1, 0.15) is 0 Å². The third-order valence-electron chi connectivity index (χ3n) is 3.02. The van der Waals surface area contributed by atoms with Crippen LogP contribution in [-0.2, 0) is 13.5 Å². The molecule has 0 aliphatic carbocycles. The molecule has 2 heterocycles. The molecule has 0 fully saturated rings. The van der Waals surface area contributed by atoms with Crippen molar-refractivity contribution in [1.82, 2.24) is 20.1 Å². The molecule has 2 aromatic rings. The number of hydrogen-bond acceptors (Lipinski definition) is 4. The first kappa shape index (κ1) is 14.0. The fourth-order valence-electron chi connectivity index (χ4n) is 1.97. The summed E-state index contributed by atoms with van der Waals surface area (Å²) in [6, 6.07) is 3.75. The zero-order valence-corrected chi connectivity index (χ0v) is 11.8. The number of pyridine rings is 1. The average molecular weight is 273 g/mol. The van der Waals surface area contributed by atoms with Crippen LogP contribution in [0.5, 0.6) is 0 Å². The van der Waals surface area contributed by atoms with Gasteiger partial charge in [-0.1, -0.05) is 0 Å². The lowest BCUT2D eigenvalue weighted by Crippen LogP contribution is -2.27. The quantitative estimate of drug-likeness (QED) is 0.830. The van der Waals surface area contributed by atoms with Crippen LogP contribution in [0.4, 0.5) is 5.69 Å². The van der Waals surface area contributed by atoms with Crippen LogP contribution >= 0.6 is 0 Å². The molecule has 0 radical (unpaired) electrons. The first-order valence-electron chi connectivity index (χ1n) is 6.65. The second kappa shape index (κ2) is 6.70. The van der Waals surface area contributed by atoms with Gasteiger partial charge in [-0.05, 0) is 19.1 Å². The van der Waals surface area contributed by atoms with Gasteiger partial charge in [-0.2, -0.15) is 5.10 Å². The highest BCUT2D eigenvalue weighted by atomic mass is 16.1. The van der Waals surface area contributed by atoms with Crippen LogP contribution in [0, 0.1) is 0 Å². The van der Waals surface area contributed by atoms with Gasteiger partial charge in [0.25, 0.3) is 5.91 Å². The topological polar surface area (TPSA) is 71.8 Å². The standard InChI is InChI=1S/C14H19N5O/c1-3-16-13-6-7-15-10-12(13)14(20)17-8-4-11-5-9-18-19(11)2/h5-7,9-10H,3-4,8H2,1-2H3,(H,15,16)(H,17,20). The molecule has 0 unspecified atom stereocenters. The van der Waals surface area contributed by atoms with Gasteiger partial charge >= 0.3 is 0 Å². The Hall–Kier alpha value is -2.37. The molecule has 1 amide bonds. The summed E-state index contributed by atoms with van der Waals surface area (Å²) in [6.45, 7) is 3.32. The monoisotopic (exact) mass is 273 g/mol. The van der Waals surface area contributed by atoms with E-state index in [1.165, 1.54) is 0 Å². The van der Waals surface area contributed by atoms with Crippen molar-refractivity contribution in [3.05, 3.63) is 42.0 Å². The van der Waals surface area contributed by atoms with Crippen molar-refractivity contribution in [1.29, 1.82) is 0 Å². The van der Waals surface area contributed by atoms with Crippen LogP contribution in [0.15, 0.2) is 30.7 Å². The van der Waals surface area contributed by atoms with Crippen molar-refractivity contribution in [3.8, 4) is 0 Å². The zero-order valence-electron chi connectivity index (χ0n) is 11.8. The first-order valence-corrected chi connectivity index (χ1v) is 6.65. The lowest BCUT2D eigenvalue weighted by atomic mass is 10.2. The van der Waals surface area contributed by atoms with Crippen molar-refractivity contribution in [2.75, 3.05) is 18.4 Å². The van der Waals surface area contributed by atoms with Crippen molar-refractivity contribution in [2.24, 2.45) is 7.05 Å². The molecular weight excluding hydrogens is 254 g/mol. The summed E-state index contributed by atoms with van der Waals surface area (Å²) in [4.78, 5) is 16.1. The van der Waals surface area contributed by atoms with Crippen LogP contribution in [0.2, 0.25) is 0 Å². The molecule has 0 bridgehead atoms. The van der Waals surface area contributed by atoms with Crippen LogP contribution in [0.1, 0.15) is 23.0 Å². The number of carbonyl (C=O) groups is 1. The molecule has 6 nitrogen and oxygen atoms in total. The van der Waals surface area contributed by atoms with Gasteiger partial charge in [-0.25, -0.2) is 0 Å². The Labute approximate surface area is 118 Å². The summed E-state index contributed by atoms with van der Waals surface area (Å²) in [5.74, 6) is -0.115. The number of aromatic nitrogens is 3. The molecule has 0 saturated carbocycles. The van der Waals surface area contributed by atoms with Gasteiger partial charge in [0, 0.05) is 50.8 Å². The molecule has 2 N–H and O–H groups in total. The van der Waals surface area contributed by atoms with E-state index in [0.29, 0.717) is 12.1 Å².